The molecule has 2 aromatic rings. The molecule has 0 aliphatic carbocycles. The van der Waals surface area contributed by atoms with Crippen molar-refractivity contribution in [1.82, 2.24) is 0 Å². The molecule has 0 saturated heterocycles. The molecule has 0 radical (unpaired) electrons. The molecular formula is C18H22BrNO. The Morgan fingerprint density at radius 1 is 1.14 bits per heavy atom. The summed E-state index contributed by atoms with van der Waals surface area (Å²) in [5.41, 5.74) is 8.06. The molecule has 21 heavy (non-hydrogen) atoms. The highest BCUT2D eigenvalue weighted by atomic mass is 79.9. The molecule has 2 aromatic carbocycles. The van der Waals surface area contributed by atoms with Gasteiger partial charge in [0.2, 0.25) is 0 Å². The summed E-state index contributed by atoms with van der Waals surface area (Å²) in [5.74, 6) is 2.25. The monoisotopic (exact) mass is 347 g/mol. The predicted octanol–water partition coefficient (Wildman–Crippen LogP) is 5.26. The number of rotatable bonds is 6. The highest BCUT2D eigenvalue weighted by Gasteiger charge is 2.11. The van der Waals surface area contributed by atoms with Gasteiger partial charge in [0.25, 0.3) is 0 Å². The van der Waals surface area contributed by atoms with Crippen LogP contribution in [0.1, 0.15) is 37.3 Å². The minimum atomic E-state index is 0.483. The molecule has 0 heterocycles. The number of hydrogen-bond acceptors (Lipinski definition) is 2. The van der Waals surface area contributed by atoms with Crippen molar-refractivity contribution in [3.63, 3.8) is 0 Å². The summed E-state index contributed by atoms with van der Waals surface area (Å²) in [6, 6.07) is 14.4. The van der Waals surface area contributed by atoms with E-state index in [2.05, 4.69) is 54.0 Å². The van der Waals surface area contributed by atoms with Gasteiger partial charge in [-0.1, -0.05) is 38.1 Å². The van der Waals surface area contributed by atoms with Crippen molar-refractivity contribution in [3.05, 3.63) is 58.1 Å². The highest BCUT2D eigenvalue weighted by molar-refractivity contribution is 9.10. The number of benzene rings is 2. The number of halogens is 1. The quantitative estimate of drug-likeness (QED) is 0.773. The third-order valence-electron chi connectivity index (χ3n) is 3.71. The Balaban J connectivity index is 2.26. The van der Waals surface area contributed by atoms with E-state index in [9.17, 15) is 0 Å². The fraction of sp³-hybridized carbons (Fsp3) is 0.333. The Kier molecular flexibility index (Phi) is 5.83. The van der Waals surface area contributed by atoms with Crippen LogP contribution < -0.4 is 10.5 Å². The number of hydrogen-bond donors (Lipinski definition) is 1. The van der Waals surface area contributed by atoms with Crippen LogP contribution in [0, 0.1) is 0 Å². The van der Waals surface area contributed by atoms with Gasteiger partial charge in [-0.25, -0.2) is 0 Å². The average molecular weight is 348 g/mol. The van der Waals surface area contributed by atoms with E-state index in [0.29, 0.717) is 12.5 Å². The summed E-state index contributed by atoms with van der Waals surface area (Å²) >= 11 is 3.59. The lowest BCUT2D eigenvalue weighted by molar-refractivity contribution is 0.467. The molecule has 2 N–H and O–H groups in total. The van der Waals surface area contributed by atoms with Crippen molar-refractivity contribution in [2.75, 3.05) is 6.54 Å². The van der Waals surface area contributed by atoms with Crippen molar-refractivity contribution >= 4 is 15.9 Å². The second-order valence-corrected chi connectivity index (χ2v) is 6.11. The van der Waals surface area contributed by atoms with Crippen molar-refractivity contribution < 1.29 is 4.74 Å². The largest absolute Gasteiger partial charge is 0.456 e. The first-order valence-corrected chi connectivity index (χ1v) is 8.20. The van der Waals surface area contributed by atoms with Crippen LogP contribution in [0.5, 0.6) is 11.5 Å². The third-order valence-corrected chi connectivity index (χ3v) is 4.33. The molecule has 0 aliphatic heterocycles. The molecule has 2 rings (SSSR count). The number of ether oxygens (including phenoxy) is 1. The molecule has 3 heteroatoms. The van der Waals surface area contributed by atoms with E-state index in [1.165, 1.54) is 11.1 Å². The van der Waals surface area contributed by atoms with Gasteiger partial charge in [0.1, 0.15) is 11.5 Å². The van der Waals surface area contributed by atoms with Crippen molar-refractivity contribution in [2.45, 2.75) is 32.6 Å². The lowest BCUT2D eigenvalue weighted by Gasteiger charge is -2.16. The molecular weight excluding hydrogens is 326 g/mol. The topological polar surface area (TPSA) is 35.2 Å². The Morgan fingerprint density at radius 2 is 1.90 bits per heavy atom. The van der Waals surface area contributed by atoms with Crippen LogP contribution in [-0.4, -0.2) is 6.54 Å². The number of nitrogens with two attached hydrogens (primary N) is 1. The summed E-state index contributed by atoms with van der Waals surface area (Å²) in [6.07, 6.45) is 1.97. The van der Waals surface area contributed by atoms with Crippen LogP contribution in [0.4, 0.5) is 0 Å². The first-order valence-electron chi connectivity index (χ1n) is 7.41. The Bertz CT molecular complexity index is 598. The molecule has 0 saturated carbocycles. The van der Waals surface area contributed by atoms with Crippen LogP contribution in [-0.2, 0) is 6.42 Å². The van der Waals surface area contributed by atoms with Crippen LogP contribution in [0.15, 0.2) is 46.9 Å². The van der Waals surface area contributed by atoms with E-state index < -0.39 is 0 Å². The van der Waals surface area contributed by atoms with Crippen molar-refractivity contribution in [1.29, 1.82) is 0 Å². The second-order valence-electron chi connectivity index (χ2n) is 5.25. The minimum absolute atomic E-state index is 0.483. The minimum Gasteiger partial charge on any atom is -0.456 e. The molecule has 0 aliphatic rings. The van der Waals surface area contributed by atoms with Crippen LogP contribution in [0.2, 0.25) is 0 Å². The van der Waals surface area contributed by atoms with Gasteiger partial charge in [0.05, 0.1) is 4.47 Å². The molecule has 0 aromatic heterocycles. The maximum atomic E-state index is 6.12. The molecule has 1 atom stereocenters. The smallest absolute Gasteiger partial charge is 0.141 e. The standard InChI is InChI=1S/C18H22BrNO/c1-3-13(2)15-6-4-5-7-17(15)21-18-9-8-14(10-11-20)12-16(18)19/h4-9,12-13H,3,10-11,20H2,1-2H3. The Labute approximate surface area is 135 Å². The summed E-state index contributed by atoms with van der Waals surface area (Å²) < 4.78 is 7.08. The van der Waals surface area contributed by atoms with Gasteiger partial charge in [0, 0.05) is 0 Å². The molecule has 0 fully saturated rings. The number of para-hydroxylation sites is 1. The zero-order valence-corrected chi connectivity index (χ0v) is 14.2. The second kappa shape index (κ2) is 7.62. The highest BCUT2D eigenvalue weighted by Crippen LogP contribution is 2.35. The molecule has 1 unspecified atom stereocenters. The maximum absolute atomic E-state index is 6.12. The molecule has 2 nitrogen and oxygen atoms in total. The van der Waals surface area contributed by atoms with E-state index in [1.54, 1.807) is 0 Å². The lowest BCUT2D eigenvalue weighted by Crippen LogP contribution is -2.02. The van der Waals surface area contributed by atoms with Crippen LogP contribution >= 0.6 is 15.9 Å². The normalized spacial score (nSPS) is 12.2. The summed E-state index contributed by atoms with van der Waals surface area (Å²) in [5, 5.41) is 0. The summed E-state index contributed by atoms with van der Waals surface area (Å²) in [7, 11) is 0. The Morgan fingerprint density at radius 3 is 2.57 bits per heavy atom. The molecule has 0 amide bonds. The van der Waals surface area contributed by atoms with E-state index in [1.807, 2.05) is 18.2 Å². The third kappa shape index (κ3) is 4.08. The van der Waals surface area contributed by atoms with Gasteiger partial charge in [-0.3, -0.25) is 0 Å². The molecule has 0 spiro atoms. The van der Waals surface area contributed by atoms with Gasteiger partial charge < -0.3 is 10.5 Å². The maximum Gasteiger partial charge on any atom is 0.141 e. The van der Waals surface area contributed by atoms with Crippen molar-refractivity contribution in [2.24, 2.45) is 5.73 Å². The molecule has 0 bridgehead atoms. The van der Waals surface area contributed by atoms with E-state index in [0.717, 1.165) is 28.8 Å². The van der Waals surface area contributed by atoms with E-state index >= 15 is 0 Å². The molecule has 112 valence electrons. The zero-order valence-electron chi connectivity index (χ0n) is 12.6. The Hall–Kier alpha value is -1.32. The van der Waals surface area contributed by atoms with Crippen LogP contribution in [0.3, 0.4) is 0 Å². The van der Waals surface area contributed by atoms with E-state index in [-0.39, 0.29) is 0 Å². The van der Waals surface area contributed by atoms with Crippen molar-refractivity contribution in [3.8, 4) is 11.5 Å². The van der Waals surface area contributed by atoms with Gasteiger partial charge in [-0.15, -0.1) is 0 Å². The van der Waals surface area contributed by atoms with E-state index in [4.69, 9.17) is 10.5 Å². The van der Waals surface area contributed by atoms with Gasteiger partial charge in [-0.05, 0) is 70.6 Å². The predicted molar refractivity (Wildman–Crippen MR) is 92.1 cm³/mol. The summed E-state index contributed by atoms with van der Waals surface area (Å²) in [6.45, 7) is 5.07. The van der Waals surface area contributed by atoms with Gasteiger partial charge >= 0.3 is 0 Å². The fourth-order valence-corrected chi connectivity index (χ4v) is 2.78. The average Bonchev–Trinajstić information content (AvgIpc) is 2.50. The zero-order chi connectivity index (χ0) is 15.2. The first kappa shape index (κ1) is 16.1. The first-order chi connectivity index (χ1) is 10.2. The lowest BCUT2D eigenvalue weighted by atomic mass is 9.98. The van der Waals surface area contributed by atoms with Gasteiger partial charge in [-0.2, -0.15) is 0 Å². The SMILES string of the molecule is CCC(C)c1ccccc1Oc1ccc(CCN)cc1Br. The summed E-state index contributed by atoms with van der Waals surface area (Å²) in [4.78, 5) is 0. The fourth-order valence-electron chi connectivity index (χ4n) is 2.27. The van der Waals surface area contributed by atoms with Gasteiger partial charge in [0.15, 0.2) is 0 Å². The van der Waals surface area contributed by atoms with Crippen LogP contribution in [0.25, 0.3) is 0 Å².